The number of halogens is 2. The number of aliphatic carboxylic acids is 1. The van der Waals surface area contributed by atoms with Crippen molar-refractivity contribution in [3.8, 4) is 0 Å². The van der Waals surface area contributed by atoms with Gasteiger partial charge in [-0.15, -0.1) is 0 Å². The minimum Gasteiger partial charge on any atom is -0.481 e. The van der Waals surface area contributed by atoms with Crippen LogP contribution in [0.3, 0.4) is 0 Å². The molecule has 0 aliphatic carbocycles. The number of hydrogen-bond donors (Lipinski definition) is 2. The van der Waals surface area contributed by atoms with Crippen LogP contribution in [-0.2, 0) is 4.79 Å². The highest BCUT2D eigenvalue weighted by atomic mass is 35.5. The van der Waals surface area contributed by atoms with Crippen LogP contribution < -0.4 is 5.32 Å². The van der Waals surface area contributed by atoms with Crippen LogP contribution in [0.5, 0.6) is 0 Å². The Balaban J connectivity index is 1.99. The standard InChI is InChI=1S/C18H25Cl2NO3/c19-15-11-10-14(13-16(15)20)18(24)21-12-8-6-4-2-1-3-5-7-9-17(22)23/h10-11,13H,1-9,12H2,(H,21,24)(H,22,23). The van der Waals surface area contributed by atoms with Crippen molar-refractivity contribution in [3.63, 3.8) is 0 Å². The van der Waals surface area contributed by atoms with E-state index >= 15 is 0 Å². The van der Waals surface area contributed by atoms with Gasteiger partial charge in [-0.05, 0) is 31.0 Å². The second-order valence-corrected chi connectivity index (χ2v) is 6.67. The Bertz CT molecular complexity index is 535. The summed E-state index contributed by atoms with van der Waals surface area (Å²) in [5, 5.41) is 12.2. The summed E-state index contributed by atoms with van der Waals surface area (Å²) in [4.78, 5) is 22.3. The average Bonchev–Trinajstić information content (AvgIpc) is 2.54. The number of carboxylic acids is 1. The average molecular weight is 374 g/mol. The molecule has 0 radical (unpaired) electrons. The molecule has 6 heteroatoms. The van der Waals surface area contributed by atoms with Crippen molar-refractivity contribution in [2.45, 2.75) is 57.8 Å². The van der Waals surface area contributed by atoms with Crippen LogP contribution in [0.1, 0.15) is 68.1 Å². The molecule has 24 heavy (non-hydrogen) atoms. The molecule has 0 aliphatic rings. The van der Waals surface area contributed by atoms with Crippen molar-refractivity contribution in [1.29, 1.82) is 0 Å². The first-order valence-electron chi connectivity index (χ1n) is 8.45. The molecule has 0 heterocycles. The lowest BCUT2D eigenvalue weighted by Crippen LogP contribution is -2.24. The molecule has 0 bridgehead atoms. The van der Waals surface area contributed by atoms with E-state index in [1.54, 1.807) is 18.2 Å². The fourth-order valence-electron chi connectivity index (χ4n) is 2.40. The molecule has 0 aliphatic heterocycles. The predicted molar refractivity (Wildman–Crippen MR) is 98.0 cm³/mol. The molecule has 0 fully saturated rings. The van der Waals surface area contributed by atoms with E-state index in [0.717, 1.165) is 51.4 Å². The first kappa shape index (κ1) is 20.8. The zero-order valence-corrected chi connectivity index (χ0v) is 15.3. The smallest absolute Gasteiger partial charge is 0.303 e. The Morgan fingerprint density at radius 2 is 1.46 bits per heavy atom. The normalized spacial score (nSPS) is 10.6. The van der Waals surface area contributed by atoms with E-state index in [2.05, 4.69) is 5.32 Å². The van der Waals surface area contributed by atoms with Gasteiger partial charge in [-0.2, -0.15) is 0 Å². The maximum absolute atomic E-state index is 11.9. The third-order valence-electron chi connectivity index (χ3n) is 3.78. The summed E-state index contributed by atoms with van der Waals surface area (Å²) in [6, 6.07) is 4.85. The van der Waals surface area contributed by atoms with Crippen molar-refractivity contribution >= 4 is 35.1 Å². The maximum atomic E-state index is 11.9. The molecule has 134 valence electrons. The Morgan fingerprint density at radius 1 is 0.875 bits per heavy atom. The molecule has 0 unspecified atom stereocenters. The Hall–Kier alpha value is -1.26. The Labute approximate surface area is 153 Å². The third-order valence-corrected chi connectivity index (χ3v) is 4.52. The van der Waals surface area contributed by atoms with Crippen LogP contribution in [-0.4, -0.2) is 23.5 Å². The number of rotatable bonds is 12. The lowest BCUT2D eigenvalue weighted by atomic mass is 10.1. The summed E-state index contributed by atoms with van der Waals surface area (Å²) in [5.74, 6) is -0.843. The lowest BCUT2D eigenvalue weighted by molar-refractivity contribution is -0.137. The van der Waals surface area contributed by atoms with Gasteiger partial charge < -0.3 is 10.4 Å². The van der Waals surface area contributed by atoms with E-state index in [-0.39, 0.29) is 12.3 Å². The van der Waals surface area contributed by atoms with Crippen LogP contribution in [0.4, 0.5) is 0 Å². The van der Waals surface area contributed by atoms with Gasteiger partial charge in [-0.1, -0.05) is 61.7 Å². The van der Waals surface area contributed by atoms with Gasteiger partial charge in [0, 0.05) is 18.5 Å². The minimum absolute atomic E-state index is 0.132. The van der Waals surface area contributed by atoms with Gasteiger partial charge in [-0.3, -0.25) is 9.59 Å². The quantitative estimate of drug-likeness (QED) is 0.487. The van der Waals surface area contributed by atoms with Gasteiger partial charge in [0.1, 0.15) is 0 Å². The van der Waals surface area contributed by atoms with Gasteiger partial charge in [0.2, 0.25) is 0 Å². The van der Waals surface area contributed by atoms with Crippen LogP contribution in [0.15, 0.2) is 18.2 Å². The van der Waals surface area contributed by atoms with Crippen molar-refractivity contribution in [2.75, 3.05) is 6.54 Å². The topological polar surface area (TPSA) is 66.4 Å². The fourth-order valence-corrected chi connectivity index (χ4v) is 2.70. The molecule has 1 amide bonds. The largest absolute Gasteiger partial charge is 0.481 e. The molecule has 1 aromatic rings. The second kappa shape index (κ2) is 12.2. The number of carbonyl (C=O) groups excluding carboxylic acids is 1. The number of carbonyl (C=O) groups is 2. The van der Waals surface area contributed by atoms with Crippen LogP contribution in [0, 0.1) is 0 Å². The molecule has 2 N–H and O–H groups in total. The lowest BCUT2D eigenvalue weighted by Gasteiger charge is -2.06. The zero-order valence-electron chi connectivity index (χ0n) is 13.8. The van der Waals surface area contributed by atoms with E-state index in [1.807, 2.05) is 0 Å². The summed E-state index contributed by atoms with van der Waals surface area (Å²) < 4.78 is 0. The van der Waals surface area contributed by atoms with Crippen LogP contribution in [0.2, 0.25) is 10.0 Å². The number of nitrogens with one attached hydrogen (secondary N) is 1. The number of benzene rings is 1. The molecule has 0 aromatic heterocycles. The number of unbranched alkanes of at least 4 members (excludes halogenated alkanes) is 7. The molecule has 0 saturated carbocycles. The highest BCUT2D eigenvalue weighted by Crippen LogP contribution is 2.22. The SMILES string of the molecule is O=C(O)CCCCCCCCCCNC(=O)c1ccc(Cl)c(Cl)c1. The van der Waals surface area contributed by atoms with E-state index in [1.165, 1.54) is 0 Å². The van der Waals surface area contributed by atoms with Crippen molar-refractivity contribution in [3.05, 3.63) is 33.8 Å². The number of hydrogen-bond acceptors (Lipinski definition) is 2. The monoisotopic (exact) mass is 373 g/mol. The minimum atomic E-state index is -0.710. The third kappa shape index (κ3) is 9.14. The molecule has 0 saturated heterocycles. The summed E-state index contributed by atoms with van der Waals surface area (Å²) in [6.07, 6.45) is 8.62. The van der Waals surface area contributed by atoms with E-state index in [9.17, 15) is 9.59 Å². The molecule has 0 atom stereocenters. The van der Waals surface area contributed by atoms with Gasteiger partial charge in [0.25, 0.3) is 5.91 Å². The van der Waals surface area contributed by atoms with Crippen LogP contribution >= 0.6 is 23.2 Å². The predicted octanol–water partition coefficient (Wildman–Crippen LogP) is 5.32. The molecule has 1 rings (SSSR count). The summed E-state index contributed by atoms with van der Waals surface area (Å²) in [7, 11) is 0. The van der Waals surface area contributed by atoms with Gasteiger partial charge in [0.05, 0.1) is 10.0 Å². The highest BCUT2D eigenvalue weighted by molar-refractivity contribution is 6.42. The molecular formula is C18H25Cl2NO3. The van der Waals surface area contributed by atoms with Crippen molar-refractivity contribution in [2.24, 2.45) is 0 Å². The van der Waals surface area contributed by atoms with Crippen molar-refractivity contribution < 1.29 is 14.7 Å². The van der Waals surface area contributed by atoms with E-state index in [4.69, 9.17) is 28.3 Å². The van der Waals surface area contributed by atoms with E-state index in [0.29, 0.717) is 22.2 Å². The van der Waals surface area contributed by atoms with Gasteiger partial charge >= 0.3 is 5.97 Å². The fraction of sp³-hybridized carbons (Fsp3) is 0.556. The van der Waals surface area contributed by atoms with Crippen molar-refractivity contribution in [1.82, 2.24) is 5.32 Å². The maximum Gasteiger partial charge on any atom is 0.303 e. The molecule has 1 aromatic carbocycles. The first-order valence-corrected chi connectivity index (χ1v) is 9.21. The van der Waals surface area contributed by atoms with Gasteiger partial charge in [-0.25, -0.2) is 0 Å². The van der Waals surface area contributed by atoms with Crippen LogP contribution in [0.25, 0.3) is 0 Å². The molecular weight excluding hydrogens is 349 g/mol. The second-order valence-electron chi connectivity index (χ2n) is 5.86. The number of amides is 1. The Kier molecular flexibility index (Phi) is 10.5. The van der Waals surface area contributed by atoms with Gasteiger partial charge in [0.15, 0.2) is 0 Å². The highest BCUT2D eigenvalue weighted by Gasteiger charge is 2.07. The summed E-state index contributed by atoms with van der Waals surface area (Å²) >= 11 is 11.7. The first-order chi connectivity index (χ1) is 11.5. The molecule has 0 spiro atoms. The number of carboxylic acid groups (broad SMARTS) is 1. The summed E-state index contributed by atoms with van der Waals surface area (Å²) in [6.45, 7) is 0.650. The van der Waals surface area contributed by atoms with E-state index < -0.39 is 5.97 Å². The summed E-state index contributed by atoms with van der Waals surface area (Å²) in [5.41, 5.74) is 0.519. The zero-order chi connectivity index (χ0) is 17.8. The molecule has 4 nitrogen and oxygen atoms in total. The Morgan fingerprint density at radius 3 is 2.04 bits per heavy atom.